The molecule has 5 rings (SSSR count). The van der Waals surface area contributed by atoms with Gasteiger partial charge < -0.3 is 9.88 Å². The maximum Gasteiger partial charge on any atom is 0.0991 e. The first kappa shape index (κ1) is 17.5. The minimum absolute atomic E-state index is 0.644. The predicted octanol–water partition coefficient (Wildman–Crippen LogP) is 3.96. The molecule has 2 unspecified atom stereocenters. The average molecular weight is 371 g/mol. The standard InChI is InChI=1S/C24H26N4/c25-14-19-6-7-24-22(12-19)23(15-26-24)21-13-20(21)17-28-10-8-27(9-11-28)16-18-4-2-1-3-5-18/h1-7,12,15,20-21,26H,8-11,13,16-17H2. The second-order valence-electron chi connectivity index (χ2n) is 8.28. The van der Waals surface area contributed by atoms with Crippen LogP contribution in [0.1, 0.15) is 29.0 Å². The minimum atomic E-state index is 0.644. The van der Waals surface area contributed by atoms with Crippen LogP contribution in [0.4, 0.5) is 0 Å². The van der Waals surface area contributed by atoms with Gasteiger partial charge in [-0.15, -0.1) is 0 Å². The van der Waals surface area contributed by atoms with Gasteiger partial charge in [0.25, 0.3) is 0 Å². The van der Waals surface area contributed by atoms with Crippen molar-refractivity contribution < 1.29 is 0 Å². The molecule has 1 aromatic heterocycles. The highest BCUT2D eigenvalue weighted by molar-refractivity contribution is 5.85. The maximum absolute atomic E-state index is 9.19. The zero-order chi connectivity index (χ0) is 18.9. The number of piperazine rings is 1. The summed E-state index contributed by atoms with van der Waals surface area (Å²) in [6.45, 7) is 6.92. The lowest BCUT2D eigenvalue weighted by Crippen LogP contribution is -2.46. The summed E-state index contributed by atoms with van der Waals surface area (Å²) in [6, 6.07) is 19.0. The van der Waals surface area contributed by atoms with Crippen molar-refractivity contribution in [3.05, 3.63) is 71.4 Å². The summed E-state index contributed by atoms with van der Waals surface area (Å²) in [7, 11) is 0. The third-order valence-corrected chi connectivity index (χ3v) is 6.37. The van der Waals surface area contributed by atoms with Crippen LogP contribution in [-0.4, -0.2) is 47.5 Å². The number of H-pyrrole nitrogens is 1. The predicted molar refractivity (Wildman–Crippen MR) is 112 cm³/mol. The van der Waals surface area contributed by atoms with Crippen LogP contribution >= 0.6 is 0 Å². The molecule has 2 fully saturated rings. The van der Waals surface area contributed by atoms with Gasteiger partial charge in [-0.2, -0.15) is 5.26 Å². The molecule has 0 radical (unpaired) electrons. The van der Waals surface area contributed by atoms with E-state index in [0.29, 0.717) is 5.92 Å². The molecule has 1 N–H and O–H groups in total. The molecule has 2 heterocycles. The molecule has 0 amide bonds. The van der Waals surface area contributed by atoms with Gasteiger partial charge in [0.2, 0.25) is 0 Å². The zero-order valence-corrected chi connectivity index (χ0v) is 16.1. The molecule has 1 aliphatic carbocycles. The van der Waals surface area contributed by atoms with Crippen LogP contribution in [0, 0.1) is 17.2 Å². The Morgan fingerprint density at radius 1 is 1.00 bits per heavy atom. The van der Waals surface area contributed by atoms with E-state index >= 15 is 0 Å². The lowest BCUT2D eigenvalue weighted by Gasteiger charge is -2.34. The van der Waals surface area contributed by atoms with E-state index in [9.17, 15) is 5.26 Å². The zero-order valence-electron chi connectivity index (χ0n) is 16.1. The number of fused-ring (bicyclic) bond motifs is 1. The van der Waals surface area contributed by atoms with Crippen LogP contribution in [0.15, 0.2) is 54.7 Å². The van der Waals surface area contributed by atoms with E-state index in [1.54, 1.807) is 0 Å². The molecule has 2 aliphatic rings. The van der Waals surface area contributed by atoms with Gasteiger partial charge in [0.1, 0.15) is 0 Å². The van der Waals surface area contributed by atoms with Gasteiger partial charge in [-0.05, 0) is 47.6 Å². The van der Waals surface area contributed by atoms with E-state index in [1.165, 1.54) is 42.6 Å². The van der Waals surface area contributed by atoms with Crippen LogP contribution in [-0.2, 0) is 6.54 Å². The van der Waals surface area contributed by atoms with Crippen molar-refractivity contribution in [3.8, 4) is 6.07 Å². The van der Waals surface area contributed by atoms with E-state index in [1.807, 2.05) is 18.2 Å². The number of nitrogens with one attached hydrogen (secondary N) is 1. The van der Waals surface area contributed by atoms with Crippen LogP contribution in [0.5, 0.6) is 0 Å². The summed E-state index contributed by atoms with van der Waals surface area (Å²) >= 11 is 0. The Bertz CT molecular complexity index is 992. The van der Waals surface area contributed by atoms with Gasteiger partial charge in [-0.1, -0.05) is 30.3 Å². The number of aromatic nitrogens is 1. The van der Waals surface area contributed by atoms with Crippen LogP contribution in [0.25, 0.3) is 10.9 Å². The number of nitrogens with zero attached hydrogens (tertiary/aromatic N) is 3. The van der Waals surface area contributed by atoms with E-state index in [4.69, 9.17) is 0 Å². The van der Waals surface area contributed by atoms with Crippen LogP contribution < -0.4 is 0 Å². The first-order valence-corrected chi connectivity index (χ1v) is 10.3. The van der Waals surface area contributed by atoms with Gasteiger partial charge >= 0.3 is 0 Å². The van der Waals surface area contributed by atoms with Gasteiger partial charge in [-0.25, -0.2) is 0 Å². The number of benzene rings is 2. The second-order valence-corrected chi connectivity index (χ2v) is 8.28. The smallest absolute Gasteiger partial charge is 0.0991 e. The number of aromatic amines is 1. The molecule has 142 valence electrons. The topological polar surface area (TPSA) is 46.1 Å². The van der Waals surface area contributed by atoms with Gasteiger partial charge in [-0.3, -0.25) is 4.90 Å². The molecule has 1 saturated heterocycles. The normalized spacial score (nSPS) is 23.0. The lowest BCUT2D eigenvalue weighted by molar-refractivity contribution is 0.123. The van der Waals surface area contributed by atoms with Crippen LogP contribution in [0.2, 0.25) is 0 Å². The molecule has 2 atom stereocenters. The number of hydrogen-bond acceptors (Lipinski definition) is 3. The van der Waals surface area contributed by atoms with Gasteiger partial charge in [0.15, 0.2) is 0 Å². The fourth-order valence-corrected chi connectivity index (χ4v) is 4.65. The third kappa shape index (κ3) is 3.56. The quantitative estimate of drug-likeness (QED) is 0.739. The highest BCUT2D eigenvalue weighted by atomic mass is 15.3. The molecular formula is C24H26N4. The first-order valence-electron chi connectivity index (χ1n) is 10.3. The van der Waals surface area contributed by atoms with Crippen molar-refractivity contribution >= 4 is 10.9 Å². The summed E-state index contributed by atoms with van der Waals surface area (Å²) in [5, 5.41) is 10.4. The third-order valence-electron chi connectivity index (χ3n) is 6.37. The Kier molecular flexibility index (Phi) is 4.64. The van der Waals surface area contributed by atoms with Gasteiger partial charge in [0.05, 0.1) is 11.6 Å². The lowest BCUT2D eigenvalue weighted by atomic mass is 10.1. The molecule has 0 spiro atoms. The monoisotopic (exact) mass is 370 g/mol. The highest BCUT2D eigenvalue weighted by Gasteiger charge is 2.40. The SMILES string of the molecule is N#Cc1ccc2[nH]cc(C3CC3CN3CCN(Cc4ccccc4)CC3)c2c1. The Morgan fingerprint density at radius 2 is 1.79 bits per heavy atom. The van der Waals surface area contributed by atoms with Crippen molar-refractivity contribution in [1.29, 1.82) is 5.26 Å². The number of hydrogen-bond donors (Lipinski definition) is 1. The molecule has 4 nitrogen and oxygen atoms in total. The summed E-state index contributed by atoms with van der Waals surface area (Å²) < 4.78 is 0. The van der Waals surface area contributed by atoms with Crippen molar-refractivity contribution in [1.82, 2.24) is 14.8 Å². The van der Waals surface area contributed by atoms with Crippen molar-refractivity contribution in [2.45, 2.75) is 18.9 Å². The molecule has 28 heavy (non-hydrogen) atoms. The molecule has 4 heteroatoms. The van der Waals surface area contributed by atoms with E-state index < -0.39 is 0 Å². The fourth-order valence-electron chi connectivity index (χ4n) is 4.65. The Hall–Kier alpha value is -2.61. The molecule has 0 bridgehead atoms. The Balaban J connectivity index is 1.16. The summed E-state index contributed by atoms with van der Waals surface area (Å²) in [6.07, 6.45) is 3.43. The fraction of sp³-hybridized carbons (Fsp3) is 0.375. The summed E-state index contributed by atoms with van der Waals surface area (Å²) in [4.78, 5) is 8.59. The minimum Gasteiger partial charge on any atom is -0.361 e. The molecular weight excluding hydrogens is 344 g/mol. The largest absolute Gasteiger partial charge is 0.361 e. The molecule has 2 aromatic carbocycles. The van der Waals surface area contributed by atoms with E-state index in [0.717, 1.165) is 36.6 Å². The number of rotatable bonds is 5. The summed E-state index contributed by atoms with van der Waals surface area (Å²) in [5.41, 5.74) is 4.71. The molecule has 3 aromatic rings. The van der Waals surface area contributed by atoms with Crippen molar-refractivity contribution in [3.63, 3.8) is 0 Å². The average Bonchev–Trinajstić information content (AvgIpc) is 3.37. The van der Waals surface area contributed by atoms with Crippen molar-refractivity contribution in [2.75, 3.05) is 32.7 Å². The van der Waals surface area contributed by atoms with Gasteiger partial charge in [0, 0.05) is 56.4 Å². The number of nitriles is 1. The Morgan fingerprint density at radius 3 is 2.57 bits per heavy atom. The first-order chi connectivity index (χ1) is 13.8. The Labute approximate surface area is 166 Å². The van der Waals surface area contributed by atoms with Crippen LogP contribution in [0.3, 0.4) is 0 Å². The van der Waals surface area contributed by atoms with E-state index in [2.05, 4.69) is 57.4 Å². The highest BCUT2D eigenvalue weighted by Crippen LogP contribution is 2.50. The van der Waals surface area contributed by atoms with Crippen molar-refractivity contribution in [2.24, 2.45) is 5.92 Å². The van der Waals surface area contributed by atoms with E-state index in [-0.39, 0.29) is 0 Å². The molecule has 1 saturated carbocycles. The summed E-state index contributed by atoms with van der Waals surface area (Å²) in [5.74, 6) is 1.40. The molecule has 1 aliphatic heterocycles. The maximum atomic E-state index is 9.19. The second kappa shape index (κ2) is 7.43.